The van der Waals surface area contributed by atoms with Crippen molar-refractivity contribution in [3.8, 4) is 33.9 Å². The molecule has 1 aliphatic carbocycles. The van der Waals surface area contributed by atoms with Crippen molar-refractivity contribution in [3.63, 3.8) is 0 Å². The first-order chi connectivity index (χ1) is 58.2. The number of anilines is 3. The summed E-state index contributed by atoms with van der Waals surface area (Å²) in [5, 5.41) is 24.0. The van der Waals surface area contributed by atoms with E-state index in [0.29, 0.717) is 55.6 Å². The van der Waals surface area contributed by atoms with E-state index in [-0.39, 0.29) is 98.7 Å². The number of nitrogens with one attached hydrogen (secondary N) is 4. The van der Waals surface area contributed by atoms with E-state index < -0.39 is 11.6 Å². The Balaban J connectivity index is 0.000000321. The summed E-state index contributed by atoms with van der Waals surface area (Å²) in [7, 11) is 0. The van der Waals surface area contributed by atoms with Crippen molar-refractivity contribution in [3.05, 3.63) is 155 Å². The molecule has 10 nitrogen and oxygen atoms in total. The summed E-state index contributed by atoms with van der Waals surface area (Å²) in [5.41, 5.74) is 10.9. The largest absolute Gasteiger partial charge is 0.478 e. The monoisotopic (exact) mass is 1780 g/mol. The third-order valence-corrected chi connectivity index (χ3v) is 26.2. The van der Waals surface area contributed by atoms with Gasteiger partial charge in [0.2, 0.25) is 5.36 Å². The van der Waals surface area contributed by atoms with E-state index in [9.17, 15) is 14.7 Å². The topological polar surface area (TPSA) is 136 Å². The van der Waals surface area contributed by atoms with Crippen LogP contribution in [0.2, 0.25) is 0 Å². The summed E-state index contributed by atoms with van der Waals surface area (Å²) >= 11 is 0. The van der Waals surface area contributed by atoms with Crippen molar-refractivity contribution in [2.75, 3.05) is 16.0 Å². The van der Waals surface area contributed by atoms with Crippen LogP contribution in [0.25, 0.3) is 33.4 Å². The first-order valence-corrected chi connectivity index (χ1v) is 49.8. The molecular formula is C120H189N4O6+. The lowest BCUT2D eigenvalue weighted by Crippen LogP contribution is -2.88. The van der Waals surface area contributed by atoms with Gasteiger partial charge in [-0.2, -0.15) is 0 Å². The number of hydrogen-bond acceptors (Lipinski definition) is 8. The number of carboxylic acid groups (broad SMARTS) is 1. The molecule has 3 heterocycles. The normalized spacial score (nSPS) is 15.4. The molecule has 5 N–H and O–H groups in total. The van der Waals surface area contributed by atoms with Crippen LogP contribution >= 0.6 is 0 Å². The summed E-state index contributed by atoms with van der Waals surface area (Å²) in [6.45, 7) is 105. The van der Waals surface area contributed by atoms with Gasteiger partial charge in [-0.3, -0.25) is 0 Å². The highest BCUT2D eigenvalue weighted by Crippen LogP contribution is 2.60. The Hall–Kier alpha value is -7.07. The Morgan fingerprint density at radius 3 is 1.00 bits per heavy atom. The third-order valence-electron chi connectivity index (χ3n) is 26.2. The molecule has 1 spiro atoms. The molecule has 0 unspecified atom stereocenters. The third kappa shape index (κ3) is 31.8. The molecule has 0 amide bonds. The first kappa shape index (κ1) is 108. The standard InChI is InChI=1S/2C60H94N2O3/c1-50(2,3)33-52(7,8)35-54(11,12)37-56(15,16)39-58(19,20)61-41-27-29-45-47(31-41)64-48-32-42(28-30-46(48)60(45)44-26-24-23-25-43(44)49(63)65-60)62-59(21,22)40-57(17,18)38-55(13,14)36-53(9,10)34-51(4,5)6;1-51(2,3)33-53(7,8)35-55(11,12)37-57(15,16)39-59(19,20)61-41-27-29-45-47(31-41)65-48-32-42(28-30-46(48)49(45)43-25-23-24-26-44(43)50(63)64)62-60(21,22)40-58(17,18)38-56(13,14)36-54(9,10)34-52(4,5)6/h23-32,61-62H,33-40H2,1-22H3;23-32,61H,33-40H2,1-22H3,(H,63,64)/p+1. The minimum absolute atomic E-state index is 0.0918. The lowest BCUT2D eigenvalue weighted by atomic mass is 9.62. The summed E-state index contributed by atoms with van der Waals surface area (Å²) in [6, 6.07) is 40.5. The van der Waals surface area contributed by atoms with Gasteiger partial charge < -0.3 is 34.9 Å². The van der Waals surface area contributed by atoms with Crippen molar-refractivity contribution >= 4 is 40.0 Å². The fraction of sp³-hybridized carbons (Fsp3) is 0.675. The number of carbonyl (C=O) groups is 2. The van der Waals surface area contributed by atoms with Gasteiger partial charge in [0.1, 0.15) is 22.8 Å². The number of carboxylic acids is 1. The molecule has 5 aromatic carbocycles. The molecule has 0 atom stereocenters. The van der Waals surface area contributed by atoms with Crippen LogP contribution in [0.4, 0.5) is 17.1 Å². The predicted molar refractivity (Wildman–Crippen MR) is 558 cm³/mol. The minimum atomic E-state index is -1.12. The molecule has 0 saturated heterocycles. The van der Waals surface area contributed by atoms with E-state index in [2.05, 4.69) is 398 Å². The summed E-state index contributed by atoms with van der Waals surface area (Å²) in [6.07, 6.45) is 18.0. The maximum Gasteiger partial charge on any atom is 0.340 e. The Morgan fingerprint density at radius 1 is 0.323 bits per heavy atom. The second kappa shape index (κ2) is 37.2. The van der Waals surface area contributed by atoms with Gasteiger partial charge >= 0.3 is 11.9 Å². The fourth-order valence-electron chi connectivity index (χ4n) is 30.4. The molecule has 0 fully saturated rings. The Kier molecular flexibility index (Phi) is 31.0. The van der Waals surface area contributed by atoms with Crippen molar-refractivity contribution in [1.29, 1.82) is 0 Å². The highest BCUT2D eigenvalue weighted by Gasteiger charge is 2.55. The number of fused-ring (bicyclic) bond motifs is 8. The SMILES string of the molecule is CC(C)(C)CC(C)(C)CC(C)(C)CC(C)(C)CC(C)(C)Nc1ccc2c(-c3ccccc3C(=O)O)c3ccc(=[NH+]C(C)(C)CC(C)(C)CC(C)(C)CC(C)(C)CC(C)(C)C)cc-3oc2c1.CC(C)(C)CC(C)(C)CC(C)(C)CC(C)(C)CC(C)(C)Nc1ccc2c(c1)Oc1cc(NC(C)(C)CC(C)(C)CC(C)(C)CC(C)(C)CC(C)(C)C)ccc1C21OC(=O)c2ccccc21. The molecule has 724 valence electrons. The smallest absolute Gasteiger partial charge is 0.340 e. The average Bonchev–Trinajstić information content (AvgIpc) is 1.52. The van der Waals surface area contributed by atoms with E-state index >= 15 is 0 Å². The first-order valence-electron chi connectivity index (χ1n) is 49.8. The molecule has 5 aromatic rings. The van der Waals surface area contributed by atoms with Crippen LogP contribution in [0.5, 0.6) is 11.5 Å². The van der Waals surface area contributed by atoms with Crippen molar-refractivity contribution in [2.45, 2.75) is 435 Å². The molecule has 130 heavy (non-hydrogen) atoms. The van der Waals surface area contributed by atoms with E-state index in [0.717, 1.165) is 107 Å². The minimum Gasteiger partial charge on any atom is -0.478 e. The molecule has 0 bridgehead atoms. The van der Waals surface area contributed by atoms with Crippen LogP contribution in [-0.2, 0) is 10.3 Å². The number of carbonyl (C=O) groups excluding carboxylic acids is 1. The Bertz CT molecular complexity index is 5010. The number of esters is 1. The molecule has 0 saturated carbocycles. The lowest BCUT2D eigenvalue weighted by Gasteiger charge is -2.44. The zero-order chi connectivity index (χ0) is 98.9. The van der Waals surface area contributed by atoms with Crippen LogP contribution in [0.1, 0.15) is 445 Å². The summed E-state index contributed by atoms with van der Waals surface area (Å²) < 4.78 is 20.4. The number of ether oxygens (including phenoxy) is 2. The Morgan fingerprint density at radius 2 is 0.638 bits per heavy atom. The van der Waals surface area contributed by atoms with Gasteiger partial charge in [0.25, 0.3) is 0 Å². The average molecular weight is 1780 g/mol. The maximum atomic E-state index is 13.7. The van der Waals surface area contributed by atoms with E-state index in [1.54, 1.807) is 12.1 Å². The molecule has 4 aliphatic rings. The lowest BCUT2D eigenvalue weighted by molar-refractivity contribution is -0.586. The number of rotatable bonds is 37. The molecular weight excluding hydrogens is 1590 g/mol. The van der Waals surface area contributed by atoms with E-state index in [1.165, 1.54) is 51.4 Å². The fourth-order valence-corrected chi connectivity index (χ4v) is 30.4. The molecule has 9 rings (SSSR count). The van der Waals surface area contributed by atoms with Gasteiger partial charge in [-0.05, 0) is 299 Å². The zero-order valence-corrected chi connectivity index (χ0v) is 91.3. The van der Waals surface area contributed by atoms with Crippen LogP contribution < -0.4 is 31.0 Å². The number of benzene rings is 6. The van der Waals surface area contributed by atoms with E-state index in [1.807, 2.05) is 36.4 Å². The van der Waals surface area contributed by atoms with Gasteiger partial charge in [-0.1, -0.05) is 286 Å². The van der Waals surface area contributed by atoms with E-state index in [4.69, 9.17) is 13.9 Å². The van der Waals surface area contributed by atoms with Crippen LogP contribution in [0.3, 0.4) is 0 Å². The molecule has 0 radical (unpaired) electrons. The zero-order valence-electron chi connectivity index (χ0n) is 91.3. The highest BCUT2D eigenvalue weighted by atomic mass is 16.6. The number of aromatic carboxylic acids is 1. The summed E-state index contributed by atoms with van der Waals surface area (Å²) in [5.74, 6) is 0.834. The van der Waals surface area contributed by atoms with Crippen molar-refractivity contribution in [2.24, 2.45) is 86.6 Å². The van der Waals surface area contributed by atoms with Crippen LogP contribution in [0, 0.1) is 86.6 Å². The second-order valence-electron chi connectivity index (χ2n) is 59.0. The Labute approximate surface area is 794 Å². The van der Waals surface area contributed by atoms with Crippen LogP contribution in [-0.4, -0.2) is 39.2 Å². The van der Waals surface area contributed by atoms with Gasteiger partial charge in [-0.15, -0.1) is 0 Å². The van der Waals surface area contributed by atoms with Crippen molar-refractivity contribution < 1.29 is 33.6 Å². The van der Waals surface area contributed by atoms with Crippen LogP contribution in [0.15, 0.2) is 126 Å². The van der Waals surface area contributed by atoms with Gasteiger partial charge in [0, 0.05) is 97.6 Å². The summed E-state index contributed by atoms with van der Waals surface area (Å²) in [4.78, 5) is 30.3. The van der Waals surface area contributed by atoms with Crippen molar-refractivity contribution in [1.82, 2.24) is 0 Å². The van der Waals surface area contributed by atoms with Gasteiger partial charge in [0.15, 0.2) is 11.1 Å². The highest BCUT2D eigenvalue weighted by molar-refractivity contribution is 6.08. The maximum absolute atomic E-state index is 13.7. The molecule has 0 aromatic heterocycles. The second-order valence-corrected chi connectivity index (χ2v) is 59.0. The van der Waals surface area contributed by atoms with Gasteiger partial charge in [0.05, 0.1) is 17.2 Å². The molecule has 10 heteroatoms. The molecule has 3 aliphatic heterocycles. The number of hydrogen-bond donors (Lipinski definition) is 5. The van der Waals surface area contributed by atoms with Gasteiger partial charge in [-0.25, -0.2) is 14.6 Å². The predicted octanol–water partition coefficient (Wildman–Crippen LogP) is 34.2. The quantitative estimate of drug-likeness (QED) is 0.0190.